The minimum Gasteiger partial charge on any atom is -0.450 e. The van der Waals surface area contributed by atoms with E-state index in [0.29, 0.717) is 6.42 Å². The second-order valence-corrected chi connectivity index (χ2v) is 6.76. The van der Waals surface area contributed by atoms with E-state index < -0.39 is 12.3 Å². The van der Waals surface area contributed by atoms with Crippen LogP contribution in [0.15, 0.2) is 54.6 Å². The number of ether oxygens (including phenoxy) is 1. The number of hydrogen-bond donors (Lipinski definition) is 1. The van der Waals surface area contributed by atoms with Gasteiger partial charge in [0.1, 0.15) is 6.10 Å². The highest BCUT2D eigenvalue weighted by atomic mass is 16.7. The Morgan fingerprint density at radius 3 is 2.38 bits per heavy atom. The highest BCUT2D eigenvalue weighted by Crippen LogP contribution is 2.28. The summed E-state index contributed by atoms with van der Waals surface area (Å²) in [5.74, 6) is 0. The Hall–Kier alpha value is -2.29. The lowest BCUT2D eigenvalue weighted by Crippen LogP contribution is -2.12. The maximum Gasteiger partial charge on any atom is 0.506 e. The minimum atomic E-state index is -1.20. The highest BCUT2D eigenvalue weighted by molar-refractivity contribution is 5.57. The van der Waals surface area contributed by atoms with Gasteiger partial charge in [0.2, 0.25) is 0 Å². The minimum absolute atomic E-state index is 0.390. The molecule has 0 radical (unpaired) electrons. The molecule has 26 heavy (non-hydrogen) atoms. The number of unbranched alkanes of at least 4 members (excludes halogenated alkanes) is 3. The second-order valence-electron chi connectivity index (χ2n) is 6.76. The average molecular weight is 354 g/mol. The maximum absolute atomic E-state index is 11.2. The predicted molar refractivity (Wildman–Crippen MR) is 106 cm³/mol. The first-order valence-electron chi connectivity index (χ1n) is 9.72. The molecule has 0 aliphatic carbocycles. The van der Waals surface area contributed by atoms with Gasteiger partial charge in [-0.15, -0.1) is 0 Å². The molecule has 0 amide bonds. The number of carbonyl (C=O) groups is 1. The summed E-state index contributed by atoms with van der Waals surface area (Å²) in [6.45, 7) is 2.21. The summed E-state index contributed by atoms with van der Waals surface area (Å²) in [6.07, 6.45) is 6.72. The highest BCUT2D eigenvalue weighted by Gasteiger charge is 2.19. The van der Waals surface area contributed by atoms with Crippen molar-refractivity contribution in [1.29, 1.82) is 0 Å². The van der Waals surface area contributed by atoms with Crippen LogP contribution in [0.1, 0.15) is 68.2 Å². The molecular weight excluding hydrogens is 324 g/mol. The van der Waals surface area contributed by atoms with Crippen LogP contribution in [-0.4, -0.2) is 11.3 Å². The molecule has 140 valence electrons. The predicted octanol–water partition coefficient (Wildman–Crippen LogP) is 6.57. The largest absolute Gasteiger partial charge is 0.506 e. The Balaban J connectivity index is 2.01. The van der Waals surface area contributed by atoms with Crippen LogP contribution in [-0.2, 0) is 17.6 Å². The fourth-order valence-electron chi connectivity index (χ4n) is 3.35. The summed E-state index contributed by atoms with van der Waals surface area (Å²) < 4.78 is 5.26. The molecule has 1 atom stereocenters. The SMILES string of the molecule is CCCCCCc1ccccc1C(CCCc1ccccc1)OC(=O)O. The topological polar surface area (TPSA) is 46.5 Å². The van der Waals surface area contributed by atoms with Gasteiger partial charge in [0.15, 0.2) is 0 Å². The zero-order chi connectivity index (χ0) is 18.6. The van der Waals surface area contributed by atoms with Crippen LogP contribution in [0.25, 0.3) is 0 Å². The lowest BCUT2D eigenvalue weighted by Gasteiger charge is -2.20. The smallest absolute Gasteiger partial charge is 0.450 e. The molecule has 0 bridgehead atoms. The molecule has 0 heterocycles. The fourth-order valence-corrected chi connectivity index (χ4v) is 3.35. The Labute approximate surface area is 157 Å². The first-order chi connectivity index (χ1) is 12.7. The Kier molecular flexibility index (Phi) is 8.74. The summed E-state index contributed by atoms with van der Waals surface area (Å²) in [6, 6.07) is 18.4. The monoisotopic (exact) mass is 354 g/mol. The quantitative estimate of drug-likeness (QED) is 0.367. The summed E-state index contributed by atoms with van der Waals surface area (Å²) in [4.78, 5) is 11.2. The van der Waals surface area contributed by atoms with E-state index >= 15 is 0 Å². The van der Waals surface area contributed by atoms with Gasteiger partial charge in [-0.05, 0) is 48.8 Å². The van der Waals surface area contributed by atoms with Crippen molar-refractivity contribution in [2.75, 3.05) is 0 Å². The van der Waals surface area contributed by atoms with Crippen LogP contribution < -0.4 is 0 Å². The second kappa shape index (κ2) is 11.3. The molecule has 0 fully saturated rings. The van der Waals surface area contributed by atoms with Crippen LogP contribution in [0.2, 0.25) is 0 Å². The molecule has 0 aliphatic rings. The van der Waals surface area contributed by atoms with Crippen LogP contribution in [0.3, 0.4) is 0 Å². The van der Waals surface area contributed by atoms with Crippen molar-refractivity contribution in [2.24, 2.45) is 0 Å². The van der Waals surface area contributed by atoms with Gasteiger partial charge in [-0.1, -0.05) is 80.8 Å². The molecule has 2 aromatic carbocycles. The van der Waals surface area contributed by atoms with Crippen molar-refractivity contribution >= 4 is 6.16 Å². The van der Waals surface area contributed by atoms with E-state index in [0.717, 1.165) is 31.2 Å². The van der Waals surface area contributed by atoms with E-state index in [4.69, 9.17) is 4.74 Å². The first kappa shape index (κ1) is 20.0. The van der Waals surface area contributed by atoms with Crippen molar-refractivity contribution in [3.05, 3.63) is 71.3 Å². The summed E-state index contributed by atoms with van der Waals surface area (Å²) in [5, 5.41) is 9.18. The molecule has 3 heteroatoms. The fraction of sp³-hybridized carbons (Fsp3) is 0.435. The van der Waals surface area contributed by atoms with Crippen molar-refractivity contribution in [2.45, 2.75) is 64.4 Å². The molecule has 2 rings (SSSR count). The molecule has 1 unspecified atom stereocenters. The van der Waals surface area contributed by atoms with Crippen molar-refractivity contribution in [1.82, 2.24) is 0 Å². The van der Waals surface area contributed by atoms with Gasteiger partial charge in [-0.25, -0.2) is 4.79 Å². The van der Waals surface area contributed by atoms with E-state index in [1.807, 2.05) is 36.4 Å². The maximum atomic E-state index is 11.2. The number of rotatable bonds is 11. The van der Waals surface area contributed by atoms with Crippen LogP contribution in [0.5, 0.6) is 0 Å². The lowest BCUT2D eigenvalue weighted by molar-refractivity contribution is 0.0464. The van der Waals surface area contributed by atoms with Crippen molar-refractivity contribution in [3.63, 3.8) is 0 Å². The van der Waals surface area contributed by atoms with Crippen molar-refractivity contribution in [3.8, 4) is 0 Å². The van der Waals surface area contributed by atoms with E-state index in [2.05, 4.69) is 25.1 Å². The number of benzene rings is 2. The standard InChI is InChI=1S/C23H30O3/c1-2-3-4-8-15-20-16-9-10-17-21(20)22(26-23(24)25)18-11-14-19-12-6-5-7-13-19/h5-7,9-10,12-13,16-17,22H,2-4,8,11,14-15,18H2,1H3,(H,24,25). The first-order valence-corrected chi connectivity index (χ1v) is 9.72. The molecular formula is C23H30O3. The van der Waals surface area contributed by atoms with Gasteiger partial charge in [-0.2, -0.15) is 0 Å². The summed E-state index contributed by atoms with van der Waals surface area (Å²) in [7, 11) is 0. The zero-order valence-electron chi connectivity index (χ0n) is 15.7. The molecule has 0 spiro atoms. The Bertz CT molecular complexity index is 652. The van der Waals surface area contributed by atoms with E-state index in [-0.39, 0.29) is 0 Å². The molecule has 3 nitrogen and oxygen atoms in total. The van der Waals surface area contributed by atoms with Crippen LogP contribution >= 0.6 is 0 Å². The van der Waals surface area contributed by atoms with Gasteiger partial charge in [0.05, 0.1) is 0 Å². The third-order valence-corrected chi connectivity index (χ3v) is 4.72. The van der Waals surface area contributed by atoms with Crippen LogP contribution in [0.4, 0.5) is 4.79 Å². The van der Waals surface area contributed by atoms with Gasteiger partial charge in [-0.3, -0.25) is 0 Å². The Morgan fingerprint density at radius 2 is 1.65 bits per heavy atom. The van der Waals surface area contributed by atoms with E-state index in [9.17, 15) is 9.90 Å². The third kappa shape index (κ3) is 6.91. The van der Waals surface area contributed by atoms with Crippen molar-refractivity contribution < 1.29 is 14.6 Å². The number of aryl methyl sites for hydroxylation is 2. The molecule has 0 saturated carbocycles. The number of hydrogen-bond acceptors (Lipinski definition) is 2. The number of carboxylic acid groups (broad SMARTS) is 1. The van der Waals surface area contributed by atoms with E-state index in [1.54, 1.807) is 0 Å². The molecule has 2 aromatic rings. The van der Waals surface area contributed by atoms with E-state index in [1.165, 1.54) is 30.4 Å². The van der Waals surface area contributed by atoms with Gasteiger partial charge >= 0.3 is 6.16 Å². The van der Waals surface area contributed by atoms with Gasteiger partial charge < -0.3 is 9.84 Å². The third-order valence-electron chi connectivity index (χ3n) is 4.72. The Morgan fingerprint density at radius 1 is 0.923 bits per heavy atom. The zero-order valence-corrected chi connectivity index (χ0v) is 15.7. The summed E-state index contributed by atoms with van der Waals surface area (Å²) >= 11 is 0. The summed E-state index contributed by atoms with van der Waals surface area (Å²) in [5.41, 5.74) is 3.52. The average Bonchev–Trinajstić information content (AvgIpc) is 2.65. The van der Waals surface area contributed by atoms with Gasteiger partial charge in [0, 0.05) is 0 Å². The molecule has 0 saturated heterocycles. The molecule has 0 aromatic heterocycles. The van der Waals surface area contributed by atoms with Crippen LogP contribution in [0, 0.1) is 0 Å². The lowest BCUT2D eigenvalue weighted by atomic mass is 9.94. The molecule has 0 aliphatic heterocycles. The normalized spacial score (nSPS) is 11.9. The molecule has 1 N–H and O–H groups in total. The van der Waals surface area contributed by atoms with Gasteiger partial charge in [0.25, 0.3) is 0 Å².